The maximum Gasteiger partial charge on any atom is 0.0348 e. The zero-order valence-electron chi connectivity index (χ0n) is 10.5. The van der Waals surface area contributed by atoms with Gasteiger partial charge in [-0.15, -0.1) is 11.6 Å². The van der Waals surface area contributed by atoms with Crippen LogP contribution in [0.4, 0.5) is 0 Å². The third-order valence-corrected chi connectivity index (χ3v) is 3.07. The first-order valence-corrected chi connectivity index (χ1v) is 6.54. The Morgan fingerprint density at radius 1 is 1.25 bits per heavy atom. The smallest absolute Gasteiger partial charge is 0.0348 e. The van der Waals surface area contributed by atoms with Gasteiger partial charge in [-0.25, -0.2) is 0 Å². The third-order valence-electron chi connectivity index (χ3n) is 2.88. The molecular weight excluding hydrogens is 218 g/mol. The van der Waals surface area contributed by atoms with E-state index in [0.717, 1.165) is 19.5 Å². The predicted molar refractivity (Wildman–Crippen MR) is 72.6 cm³/mol. The van der Waals surface area contributed by atoms with Crippen molar-refractivity contribution in [1.82, 2.24) is 5.32 Å². The van der Waals surface area contributed by atoms with Gasteiger partial charge in [-0.3, -0.25) is 0 Å². The van der Waals surface area contributed by atoms with E-state index >= 15 is 0 Å². The molecule has 1 aromatic carbocycles. The number of rotatable bonds is 6. The summed E-state index contributed by atoms with van der Waals surface area (Å²) in [6, 6.07) is 6.80. The molecule has 0 aliphatic heterocycles. The van der Waals surface area contributed by atoms with Crippen LogP contribution in [-0.2, 0) is 6.42 Å². The van der Waals surface area contributed by atoms with E-state index in [1.54, 1.807) is 0 Å². The molecule has 0 aliphatic rings. The van der Waals surface area contributed by atoms with Gasteiger partial charge in [0.2, 0.25) is 0 Å². The Labute approximate surface area is 104 Å². The molecule has 2 heteroatoms. The van der Waals surface area contributed by atoms with E-state index in [1.807, 2.05) is 0 Å². The lowest BCUT2D eigenvalue weighted by molar-refractivity contribution is 0.716. The van der Waals surface area contributed by atoms with Crippen molar-refractivity contribution in [2.45, 2.75) is 33.1 Å². The van der Waals surface area contributed by atoms with Crippen LogP contribution in [0, 0.1) is 6.92 Å². The second kappa shape index (κ2) is 6.93. The minimum absolute atomic E-state index is 0.607. The van der Waals surface area contributed by atoms with Crippen LogP contribution in [0.5, 0.6) is 0 Å². The number of aryl methyl sites for hydroxylation is 1. The highest BCUT2D eigenvalue weighted by atomic mass is 35.5. The third kappa shape index (κ3) is 4.15. The highest BCUT2D eigenvalue weighted by Crippen LogP contribution is 2.18. The van der Waals surface area contributed by atoms with Gasteiger partial charge < -0.3 is 5.32 Å². The highest BCUT2D eigenvalue weighted by Gasteiger charge is 2.03. The number of benzene rings is 1. The monoisotopic (exact) mass is 239 g/mol. The minimum Gasteiger partial charge on any atom is -0.315 e. The molecule has 1 aromatic rings. The average molecular weight is 240 g/mol. The van der Waals surface area contributed by atoms with Crippen LogP contribution in [0.15, 0.2) is 18.2 Å². The fourth-order valence-corrected chi connectivity index (χ4v) is 1.87. The number of nitrogens with one attached hydrogen (secondary N) is 1. The second-order valence-corrected chi connectivity index (χ2v) is 4.91. The Bertz CT molecular complexity index is 321. The van der Waals surface area contributed by atoms with Gasteiger partial charge in [-0.2, -0.15) is 0 Å². The van der Waals surface area contributed by atoms with E-state index < -0.39 is 0 Å². The lowest BCUT2D eigenvalue weighted by Gasteiger charge is -2.11. The molecule has 1 rings (SSSR count). The predicted octanol–water partition coefficient (Wildman–Crippen LogP) is 3.49. The van der Waals surface area contributed by atoms with Crippen molar-refractivity contribution < 1.29 is 0 Å². The van der Waals surface area contributed by atoms with Crippen LogP contribution >= 0.6 is 11.6 Å². The van der Waals surface area contributed by atoms with Crippen LogP contribution in [-0.4, -0.2) is 19.0 Å². The lowest BCUT2D eigenvalue weighted by Crippen LogP contribution is -2.19. The maximum atomic E-state index is 5.62. The first kappa shape index (κ1) is 13.5. The van der Waals surface area contributed by atoms with Gasteiger partial charge in [0, 0.05) is 12.4 Å². The second-order valence-electron chi connectivity index (χ2n) is 4.53. The average Bonchev–Trinajstić information content (AvgIpc) is 2.26. The van der Waals surface area contributed by atoms with Gasteiger partial charge in [0.15, 0.2) is 0 Å². The zero-order chi connectivity index (χ0) is 12.0. The van der Waals surface area contributed by atoms with Crippen molar-refractivity contribution in [2.24, 2.45) is 0 Å². The van der Waals surface area contributed by atoms with Crippen LogP contribution in [0.3, 0.4) is 0 Å². The van der Waals surface area contributed by atoms with Crippen LogP contribution in [0.2, 0.25) is 0 Å². The van der Waals surface area contributed by atoms with E-state index in [-0.39, 0.29) is 0 Å². The molecule has 1 N–H and O–H groups in total. The van der Waals surface area contributed by atoms with Crippen molar-refractivity contribution in [3.05, 3.63) is 34.9 Å². The van der Waals surface area contributed by atoms with Crippen molar-refractivity contribution in [1.29, 1.82) is 0 Å². The maximum absolute atomic E-state index is 5.62. The van der Waals surface area contributed by atoms with E-state index in [2.05, 4.69) is 44.3 Å². The summed E-state index contributed by atoms with van der Waals surface area (Å²) < 4.78 is 0. The summed E-state index contributed by atoms with van der Waals surface area (Å²) in [4.78, 5) is 0. The molecule has 0 aliphatic carbocycles. The van der Waals surface area contributed by atoms with Gasteiger partial charge in [0.1, 0.15) is 0 Å². The van der Waals surface area contributed by atoms with Gasteiger partial charge in [0.25, 0.3) is 0 Å². The minimum atomic E-state index is 0.607. The van der Waals surface area contributed by atoms with E-state index in [1.165, 1.54) is 16.7 Å². The summed E-state index contributed by atoms with van der Waals surface area (Å²) in [6.07, 6.45) is 1.09. The first-order valence-electron chi connectivity index (χ1n) is 6.01. The quantitative estimate of drug-likeness (QED) is 0.592. The van der Waals surface area contributed by atoms with Crippen molar-refractivity contribution in [3.63, 3.8) is 0 Å². The van der Waals surface area contributed by atoms with Crippen LogP contribution < -0.4 is 5.32 Å². The van der Waals surface area contributed by atoms with Crippen molar-refractivity contribution in [2.75, 3.05) is 19.0 Å². The molecule has 0 amide bonds. The summed E-state index contributed by atoms with van der Waals surface area (Å²) in [5.41, 5.74) is 4.27. The summed E-state index contributed by atoms with van der Waals surface area (Å²) in [5.74, 6) is 1.29. The molecule has 0 radical (unpaired) electrons. The summed E-state index contributed by atoms with van der Waals surface area (Å²) in [6.45, 7) is 8.56. The Morgan fingerprint density at radius 3 is 2.62 bits per heavy atom. The fourth-order valence-electron chi connectivity index (χ4n) is 1.73. The first-order chi connectivity index (χ1) is 7.65. The highest BCUT2D eigenvalue weighted by molar-refractivity contribution is 6.18. The number of hydrogen-bond donors (Lipinski definition) is 1. The van der Waals surface area contributed by atoms with E-state index in [0.29, 0.717) is 11.8 Å². The number of alkyl halides is 1. The van der Waals surface area contributed by atoms with Gasteiger partial charge in [-0.05, 0) is 42.5 Å². The molecule has 0 saturated heterocycles. The van der Waals surface area contributed by atoms with E-state index in [9.17, 15) is 0 Å². The Hall–Kier alpha value is -0.530. The summed E-state index contributed by atoms with van der Waals surface area (Å²) in [5, 5.41) is 3.33. The zero-order valence-corrected chi connectivity index (χ0v) is 11.3. The van der Waals surface area contributed by atoms with Gasteiger partial charge >= 0.3 is 0 Å². The molecule has 0 spiro atoms. The molecule has 0 heterocycles. The molecule has 0 aromatic heterocycles. The Morgan fingerprint density at radius 2 is 2.00 bits per heavy atom. The molecule has 0 bridgehead atoms. The van der Waals surface area contributed by atoms with Crippen molar-refractivity contribution in [3.8, 4) is 0 Å². The molecule has 0 fully saturated rings. The lowest BCUT2D eigenvalue weighted by atomic mass is 9.96. The van der Waals surface area contributed by atoms with Gasteiger partial charge in [-0.1, -0.05) is 32.0 Å². The molecular formula is C14H22ClN. The Kier molecular flexibility index (Phi) is 5.86. The van der Waals surface area contributed by atoms with Crippen molar-refractivity contribution >= 4 is 11.6 Å². The summed E-state index contributed by atoms with van der Waals surface area (Å²) >= 11 is 5.62. The molecule has 0 unspecified atom stereocenters. The SMILES string of the molecule is Cc1ccc(C(C)C)cc1CCNCCCl. The van der Waals surface area contributed by atoms with Crippen LogP contribution in [0.1, 0.15) is 36.5 Å². The molecule has 16 heavy (non-hydrogen) atoms. The fraction of sp³-hybridized carbons (Fsp3) is 0.571. The number of halogens is 1. The van der Waals surface area contributed by atoms with Crippen LogP contribution in [0.25, 0.3) is 0 Å². The standard InChI is InChI=1S/C14H22ClN/c1-11(2)13-5-4-12(3)14(10-13)6-8-16-9-7-15/h4-5,10-11,16H,6-9H2,1-3H3. The van der Waals surface area contributed by atoms with Gasteiger partial charge in [0.05, 0.1) is 0 Å². The van der Waals surface area contributed by atoms with E-state index in [4.69, 9.17) is 11.6 Å². The topological polar surface area (TPSA) is 12.0 Å². The molecule has 0 saturated carbocycles. The normalized spacial score (nSPS) is 11.1. The Balaban J connectivity index is 2.60. The molecule has 1 nitrogen and oxygen atoms in total. The summed E-state index contributed by atoms with van der Waals surface area (Å²) in [7, 11) is 0. The number of hydrogen-bond acceptors (Lipinski definition) is 1. The molecule has 0 atom stereocenters. The molecule has 90 valence electrons. The largest absolute Gasteiger partial charge is 0.315 e.